The molecule has 0 saturated heterocycles. The average molecular weight is 279 g/mol. The first kappa shape index (κ1) is 11.6. The van der Waals surface area contributed by atoms with Crippen LogP contribution in [0.2, 0.25) is 0 Å². The van der Waals surface area contributed by atoms with Crippen LogP contribution in [0.4, 0.5) is 0 Å². The largest absolute Gasteiger partial charge is 0.334 e. The predicted molar refractivity (Wildman–Crippen MR) is 75.4 cm³/mol. The molecule has 1 aromatic carbocycles. The number of benzene rings is 1. The third-order valence-electron chi connectivity index (χ3n) is 3.11. The average Bonchev–Trinajstić information content (AvgIpc) is 3.12. The molecule has 21 heavy (non-hydrogen) atoms. The van der Waals surface area contributed by atoms with Crippen LogP contribution in [0, 0.1) is 0 Å². The van der Waals surface area contributed by atoms with Gasteiger partial charge in [0.2, 0.25) is 5.82 Å². The summed E-state index contributed by atoms with van der Waals surface area (Å²) in [6.07, 6.45) is 3.35. The fourth-order valence-electron chi connectivity index (χ4n) is 2.12. The molecule has 7 nitrogen and oxygen atoms in total. The first-order chi connectivity index (χ1) is 10.3. The number of H-pyrrole nitrogens is 2. The molecular weight excluding hydrogens is 270 g/mol. The van der Waals surface area contributed by atoms with Crippen LogP contribution >= 0.6 is 0 Å². The Hall–Kier alpha value is -3.22. The highest BCUT2D eigenvalue weighted by molar-refractivity contribution is 5.79. The number of aromatic nitrogens is 5. The second kappa shape index (κ2) is 4.41. The number of fused-ring (bicyclic) bond motifs is 1. The topological polar surface area (TPSA) is 100 Å². The molecule has 2 N–H and O–H groups in total. The summed E-state index contributed by atoms with van der Waals surface area (Å²) in [7, 11) is 0. The Kier molecular flexibility index (Phi) is 2.43. The normalized spacial score (nSPS) is 11.0. The van der Waals surface area contributed by atoms with E-state index < -0.39 is 0 Å². The van der Waals surface area contributed by atoms with Crippen LogP contribution < -0.4 is 5.69 Å². The molecule has 0 aliphatic carbocycles. The molecule has 7 heteroatoms. The van der Waals surface area contributed by atoms with E-state index in [0.29, 0.717) is 17.2 Å². The first-order valence-electron chi connectivity index (χ1n) is 6.26. The molecular formula is C14H9N5O2. The van der Waals surface area contributed by atoms with Gasteiger partial charge in [-0.25, -0.2) is 4.79 Å². The molecule has 0 amide bonds. The predicted octanol–water partition coefficient (Wildman–Crippen LogP) is 1.97. The lowest BCUT2D eigenvalue weighted by atomic mass is 10.2. The Labute approximate surface area is 117 Å². The molecule has 0 unspecified atom stereocenters. The van der Waals surface area contributed by atoms with E-state index in [9.17, 15) is 4.79 Å². The molecule has 102 valence electrons. The lowest BCUT2D eigenvalue weighted by Crippen LogP contribution is -1.99. The zero-order chi connectivity index (χ0) is 14.2. The van der Waals surface area contributed by atoms with Gasteiger partial charge in [-0.3, -0.25) is 4.98 Å². The standard InChI is InChI=1S/C14H9N5O2/c20-14-16-10-4-3-8(6-11(10)17-14)13-18-12(19-21-13)9-2-1-5-15-7-9/h1-7H,(H2,16,17,20). The summed E-state index contributed by atoms with van der Waals surface area (Å²) in [6, 6.07) is 9.05. The zero-order valence-electron chi connectivity index (χ0n) is 10.7. The van der Waals surface area contributed by atoms with Gasteiger partial charge in [-0.1, -0.05) is 5.16 Å². The lowest BCUT2D eigenvalue weighted by molar-refractivity contribution is 0.432. The van der Waals surface area contributed by atoms with Crippen LogP contribution in [0.5, 0.6) is 0 Å². The summed E-state index contributed by atoms with van der Waals surface area (Å²) in [5.41, 5.74) is 2.70. The summed E-state index contributed by atoms with van der Waals surface area (Å²) in [5.74, 6) is 0.860. The van der Waals surface area contributed by atoms with E-state index in [4.69, 9.17) is 4.52 Å². The van der Waals surface area contributed by atoms with E-state index in [-0.39, 0.29) is 5.69 Å². The van der Waals surface area contributed by atoms with Crippen molar-refractivity contribution < 1.29 is 4.52 Å². The summed E-state index contributed by atoms with van der Waals surface area (Å²) < 4.78 is 5.27. The van der Waals surface area contributed by atoms with Gasteiger partial charge in [-0.15, -0.1) is 0 Å². The Morgan fingerprint density at radius 1 is 1.05 bits per heavy atom. The Balaban J connectivity index is 1.78. The smallest absolute Gasteiger partial charge is 0.323 e. The molecule has 4 rings (SSSR count). The van der Waals surface area contributed by atoms with E-state index in [2.05, 4.69) is 25.1 Å². The molecule has 3 heterocycles. The van der Waals surface area contributed by atoms with Crippen LogP contribution in [-0.2, 0) is 0 Å². The van der Waals surface area contributed by atoms with Crippen LogP contribution in [0.1, 0.15) is 0 Å². The number of hydrogen-bond donors (Lipinski definition) is 2. The summed E-state index contributed by atoms with van der Waals surface area (Å²) in [5, 5.41) is 3.94. The van der Waals surface area contributed by atoms with Gasteiger partial charge in [0, 0.05) is 23.5 Å². The van der Waals surface area contributed by atoms with Crippen molar-refractivity contribution >= 4 is 11.0 Å². The molecule has 0 bridgehead atoms. The van der Waals surface area contributed by atoms with Gasteiger partial charge in [0.15, 0.2) is 0 Å². The highest BCUT2D eigenvalue weighted by Crippen LogP contribution is 2.23. The number of nitrogens with zero attached hydrogens (tertiary/aromatic N) is 3. The van der Waals surface area contributed by atoms with Crippen molar-refractivity contribution in [2.24, 2.45) is 0 Å². The SMILES string of the molecule is O=c1[nH]c2ccc(-c3nc(-c4cccnc4)no3)cc2[nH]1. The zero-order valence-corrected chi connectivity index (χ0v) is 10.7. The van der Waals surface area contributed by atoms with Gasteiger partial charge in [-0.2, -0.15) is 4.98 Å². The quantitative estimate of drug-likeness (QED) is 0.584. The van der Waals surface area contributed by atoms with Crippen LogP contribution in [0.15, 0.2) is 52.0 Å². The van der Waals surface area contributed by atoms with Crippen LogP contribution in [0.3, 0.4) is 0 Å². The molecule has 0 aliphatic rings. The molecule has 3 aromatic heterocycles. The van der Waals surface area contributed by atoms with Crippen LogP contribution in [-0.4, -0.2) is 25.1 Å². The summed E-state index contributed by atoms with van der Waals surface area (Å²) >= 11 is 0. The Morgan fingerprint density at radius 2 is 1.95 bits per heavy atom. The number of nitrogens with one attached hydrogen (secondary N) is 2. The van der Waals surface area contributed by atoms with E-state index >= 15 is 0 Å². The van der Waals surface area contributed by atoms with Gasteiger partial charge in [0.25, 0.3) is 5.89 Å². The van der Waals surface area contributed by atoms with E-state index in [0.717, 1.165) is 16.6 Å². The fraction of sp³-hybridized carbons (Fsp3) is 0. The fourth-order valence-corrected chi connectivity index (χ4v) is 2.12. The lowest BCUT2D eigenvalue weighted by Gasteiger charge is -1.94. The highest BCUT2D eigenvalue weighted by atomic mass is 16.5. The molecule has 0 radical (unpaired) electrons. The molecule has 0 fully saturated rings. The minimum atomic E-state index is -0.247. The number of hydrogen-bond acceptors (Lipinski definition) is 5. The van der Waals surface area contributed by atoms with Crippen molar-refractivity contribution in [3.63, 3.8) is 0 Å². The maximum atomic E-state index is 11.3. The number of imidazole rings is 1. The second-order valence-corrected chi connectivity index (χ2v) is 4.50. The van der Waals surface area contributed by atoms with Gasteiger partial charge in [-0.05, 0) is 30.3 Å². The maximum Gasteiger partial charge on any atom is 0.323 e. The van der Waals surface area contributed by atoms with E-state index in [1.165, 1.54) is 0 Å². The van der Waals surface area contributed by atoms with Crippen molar-refractivity contribution in [1.29, 1.82) is 0 Å². The van der Waals surface area contributed by atoms with Crippen molar-refractivity contribution in [3.8, 4) is 22.8 Å². The number of aromatic amines is 2. The van der Waals surface area contributed by atoms with Crippen molar-refractivity contribution in [3.05, 3.63) is 53.2 Å². The number of pyridine rings is 1. The first-order valence-corrected chi connectivity index (χ1v) is 6.26. The van der Waals surface area contributed by atoms with Crippen molar-refractivity contribution in [2.75, 3.05) is 0 Å². The van der Waals surface area contributed by atoms with Gasteiger partial charge < -0.3 is 14.5 Å². The third kappa shape index (κ3) is 2.00. The van der Waals surface area contributed by atoms with Crippen LogP contribution in [0.25, 0.3) is 33.9 Å². The van der Waals surface area contributed by atoms with E-state index in [1.807, 2.05) is 18.2 Å². The van der Waals surface area contributed by atoms with E-state index in [1.54, 1.807) is 24.5 Å². The van der Waals surface area contributed by atoms with Crippen molar-refractivity contribution in [2.45, 2.75) is 0 Å². The maximum absolute atomic E-state index is 11.3. The second-order valence-electron chi connectivity index (χ2n) is 4.50. The molecule has 0 saturated carbocycles. The number of rotatable bonds is 2. The molecule has 0 atom stereocenters. The van der Waals surface area contributed by atoms with Gasteiger partial charge >= 0.3 is 5.69 Å². The Bertz CT molecular complexity index is 968. The minimum absolute atomic E-state index is 0.247. The van der Waals surface area contributed by atoms with Gasteiger partial charge in [0.1, 0.15) is 0 Å². The monoisotopic (exact) mass is 279 g/mol. The molecule has 0 spiro atoms. The minimum Gasteiger partial charge on any atom is -0.334 e. The van der Waals surface area contributed by atoms with Crippen molar-refractivity contribution in [1.82, 2.24) is 25.1 Å². The van der Waals surface area contributed by atoms with Gasteiger partial charge in [0.05, 0.1) is 11.0 Å². The highest BCUT2D eigenvalue weighted by Gasteiger charge is 2.11. The summed E-state index contributed by atoms with van der Waals surface area (Å²) in [4.78, 5) is 25.0. The third-order valence-corrected chi connectivity index (χ3v) is 3.11. The summed E-state index contributed by atoms with van der Waals surface area (Å²) in [6.45, 7) is 0. The molecule has 4 aromatic rings. The Morgan fingerprint density at radius 3 is 2.81 bits per heavy atom. The molecule has 0 aliphatic heterocycles.